The molecule has 1 aromatic heterocycles. The molecule has 0 amide bonds. The van der Waals surface area contributed by atoms with Gasteiger partial charge in [0.25, 0.3) is 0 Å². The Morgan fingerprint density at radius 3 is 2.40 bits per heavy atom. The summed E-state index contributed by atoms with van der Waals surface area (Å²) in [6.45, 7) is 0. The molecule has 0 unspecified atom stereocenters. The van der Waals surface area contributed by atoms with Crippen molar-refractivity contribution in [1.29, 1.82) is 0 Å². The highest BCUT2D eigenvalue weighted by atomic mass is 79.9. The smallest absolute Gasteiger partial charge is 0.167 e. The van der Waals surface area contributed by atoms with Crippen LogP contribution in [-0.2, 0) is 0 Å². The van der Waals surface area contributed by atoms with Gasteiger partial charge < -0.3 is 5.73 Å². The van der Waals surface area contributed by atoms with Crippen LogP contribution in [0.1, 0.15) is 0 Å². The molecule has 0 aliphatic carbocycles. The molecular weight excluding hydrogens is 264 g/mol. The fourth-order valence-corrected chi connectivity index (χ4v) is 0.785. The monoisotopic (exact) mass is 266 g/mol. The molecule has 6 heteroatoms. The van der Waals surface area contributed by atoms with Gasteiger partial charge in [-0.1, -0.05) is 0 Å². The number of aromatic nitrogens is 2. The highest BCUT2D eigenvalue weighted by molar-refractivity contribution is 9.25. The number of halogens is 2. The van der Waals surface area contributed by atoms with Crippen molar-refractivity contribution in [3.05, 3.63) is 12.4 Å². The fourth-order valence-electron chi connectivity index (χ4n) is 0.418. The van der Waals surface area contributed by atoms with Crippen LogP contribution in [0, 0.1) is 0 Å². The first kappa shape index (κ1) is 7.74. The van der Waals surface area contributed by atoms with Crippen molar-refractivity contribution < 1.29 is 0 Å². The average molecular weight is 268 g/mol. The summed E-state index contributed by atoms with van der Waals surface area (Å²) in [6.07, 6.45) is 3.02. The van der Waals surface area contributed by atoms with Gasteiger partial charge in [-0.2, -0.15) is 0 Å². The molecule has 2 N–H and O–H groups in total. The van der Waals surface area contributed by atoms with E-state index in [0.29, 0.717) is 11.6 Å². The van der Waals surface area contributed by atoms with Crippen molar-refractivity contribution in [3.8, 4) is 0 Å². The Balaban J connectivity index is 2.89. The van der Waals surface area contributed by atoms with Crippen LogP contribution in [0.2, 0.25) is 0 Å². The number of nitrogens with two attached hydrogens (primary N) is 1. The van der Waals surface area contributed by atoms with E-state index in [9.17, 15) is 0 Å². The Hall–Kier alpha value is -0.360. The van der Waals surface area contributed by atoms with Gasteiger partial charge in [0.2, 0.25) is 0 Å². The summed E-state index contributed by atoms with van der Waals surface area (Å²) < 4.78 is 1.49. The van der Waals surface area contributed by atoms with Crippen LogP contribution in [0.4, 0.5) is 11.6 Å². The molecule has 4 nitrogen and oxygen atoms in total. The number of anilines is 2. The summed E-state index contributed by atoms with van der Waals surface area (Å²) in [5.74, 6) is 1.06. The summed E-state index contributed by atoms with van der Waals surface area (Å²) >= 11 is 6.23. The summed E-state index contributed by atoms with van der Waals surface area (Å²) in [6, 6.07) is 0. The van der Waals surface area contributed by atoms with Crippen LogP contribution in [0.15, 0.2) is 12.4 Å². The molecule has 0 aliphatic rings. The van der Waals surface area contributed by atoms with Crippen molar-refractivity contribution in [2.24, 2.45) is 0 Å². The maximum atomic E-state index is 5.30. The van der Waals surface area contributed by atoms with Crippen molar-refractivity contribution in [2.45, 2.75) is 0 Å². The number of nitrogens with zero attached hydrogens (tertiary/aromatic N) is 3. The van der Waals surface area contributed by atoms with Gasteiger partial charge in [-0.25, -0.2) is 12.9 Å². The number of rotatable bonds is 1. The van der Waals surface area contributed by atoms with Gasteiger partial charge in [-0.15, -0.1) is 0 Å². The molecular formula is C4H4Br2N4. The highest BCUT2D eigenvalue weighted by Crippen LogP contribution is 2.17. The zero-order valence-corrected chi connectivity index (χ0v) is 8.00. The lowest BCUT2D eigenvalue weighted by Gasteiger charge is -2.02. The van der Waals surface area contributed by atoms with Gasteiger partial charge >= 0.3 is 0 Å². The molecule has 1 aromatic rings. The molecule has 0 radical (unpaired) electrons. The molecule has 0 atom stereocenters. The Kier molecular flexibility index (Phi) is 2.44. The normalized spacial score (nSPS) is 9.40. The van der Waals surface area contributed by atoms with Crippen LogP contribution < -0.4 is 8.69 Å². The van der Waals surface area contributed by atoms with Gasteiger partial charge in [0.05, 0.1) is 44.7 Å². The van der Waals surface area contributed by atoms with E-state index in [1.807, 2.05) is 0 Å². The van der Waals surface area contributed by atoms with E-state index in [1.165, 1.54) is 9.15 Å². The zero-order valence-electron chi connectivity index (χ0n) is 4.83. The number of nitrogen functional groups attached to an aromatic ring is 1. The SMILES string of the molecule is Nc1cnc(N(Br)Br)cn1. The molecule has 0 spiro atoms. The largest absolute Gasteiger partial charge is 0.382 e. The minimum Gasteiger partial charge on any atom is -0.382 e. The predicted molar refractivity (Wildman–Crippen MR) is 46.8 cm³/mol. The Labute approximate surface area is 75.1 Å². The third kappa shape index (κ3) is 1.81. The van der Waals surface area contributed by atoms with Crippen molar-refractivity contribution in [3.63, 3.8) is 0 Å². The van der Waals surface area contributed by atoms with Crippen LogP contribution >= 0.6 is 32.3 Å². The maximum absolute atomic E-state index is 5.30. The average Bonchev–Trinajstić information content (AvgIpc) is 1.88. The molecule has 0 bridgehead atoms. The molecule has 10 heavy (non-hydrogen) atoms. The van der Waals surface area contributed by atoms with E-state index < -0.39 is 0 Å². The molecule has 0 saturated heterocycles. The van der Waals surface area contributed by atoms with Gasteiger partial charge in [-0.05, 0) is 0 Å². The lowest BCUT2D eigenvalue weighted by atomic mass is 10.6. The highest BCUT2D eigenvalue weighted by Gasteiger charge is 1.98. The summed E-state index contributed by atoms with van der Waals surface area (Å²) in [4.78, 5) is 7.74. The van der Waals surface area contributed by atoms with Crippen LogP contribution in [-0.4, -0.2) is 9.97 Å². The third-order valence-electron chi connectivity index (χ3n) is 0.831. The lowest BCUT2D eigenvalue weighted by molar-refractivity contribution is 1.21. The molecule has 0 aliphatic heterocycles. The van der Waals surface area contributed by atoms with Crippen LogP contribution in [0.3, 0.4) is 0 Å². The Morgan fingerprint density at radius 2 is 2.00 bits per heavy atom. The van der Waals surface area contributed by atoms with Gasteiger partial charge in [0, 0.05) is 0 Å². The molecule has 0 fully saturated rings. The van der Waals surface area contributed by atoms with Crippen molar-refractivity contribution >= 4 is 43.9 Å². The standard InChI is InChI=1S/C4H4Br2N4/c5-10(6)4-2-8-3(7)1-9-4/h1-2H,(H2,7,8). The minimum absolute atomic E-state index is 0.408. The number of hydrogen-bond donors (Lipinski definition) is 1. The predicted octanol–water partition coefficient (Wildman–Crippen LogP) is 1.48. The van der Waals surface area contributed by atoms with E-state index in [0.717, 1.165) is 0 Å². The van der Waals surface area contributed by atoms with E-state index >= 15 is 0 Å². The third-order valence-corrected chi connectivity index (χ3v) is 1.56. The molecule has 1 rings (SSSR count). The second-order valence-electron chi connectivity index (χ2n) is 1.53. The van der Waals surface area contributed by atoms with Crippen molar-refractivity contribution in [1.82, 2.24) is 9.97 Å². The van der Waals surface area contributed by atoms with Crippen molar-refractivity contribution in [2.75, 3.05) is 8.69 Å². The summed E-state index contributed by atoms with van der Waals surface area (Å²) in [7, 11) is 0. The molecule has 54 valence electrons. The molecule has 0 saturated carbocycles. The van der Waals surface area contributed by atoms with Gasteiger partial charge in [0.15, 0.2) is 5.82 Å². The number of hydrogen-bond acceptors (Lipinski definition) is 4. The molecule has 1 heterocycles. The first-order valence-corrected chi connectivity index (χ1v) is 3.81. The van der Waals surface area contributed by atoms with Crippen LogP contribution in [0.5, 0.6) is 0 Å². The molecule has 0 aromatic carbocycles. The summed E-state index contributed by atoms with van der Waals surface area (Å²) in [5, 5.41) is 0. The van der Waals surface area contributed by atoms with E-state index in [-0.39, 0.29) is 0 Å². The van der Waals surface area contributed by atoms with Gasteiger partial charge in [-0.3, -0.25) is 0 Å². The topological polar surface area (TPSA) is 55.0 Å². The first-order valence-electron chi connectivity index (χ1n) is 2.39. The van der Waals surface area contributed by atoms with Gasteiger partial charge in [0.1, 0.15) is 5.82 Å². The Bertz CT molecular complexity index is 209. The first-order chi connectivity index (χ1) is 4.70. The zero-order chi connectivity index (χ0) is 7.56. The quantitative estimate of drug-likeness (QED) is 0.784. The Morgan fingerprint density at radius 1 is 1.30 bits per heavy atom. The second-order valence-corrected chi connectivity index (χ2v) is 3.90. The second kappa shape index (κ2) is 3.16. The minimum atomic E-state index is 0.408. The van der Waals surface area contributed by atoms with E-state index in [1.54, 1.807) is 6.20 Å². The fraction of sp³-hybridized carbons (Fsp3) is 0. The summed E-state index contributed by atoms with van der Waals surface area (Å²) in [5.41, 5.74) is 5.30. The van der Waals surface area contributed by atoms with Crippen LogP contribution in [0.25, 0.3) is 0 Å². The van der Waals surface area contributed by atoms with E-state index in [4.69, 9.17) is 5.73 Å². The lowest BCUT2D eigenvalue weighted by Crippen LogP contribution is -1.97. The maximum Gasteiger partial charge on any atom is 0.167 e. The van der Waals surface area contributed by atoms with E-state index in [2.05, 4.69) is 42.3 Å².